The molecule has 61 heavy (non-hydrogen) atoms. The number of hydrogen-bond donors (Lipinski definition) is 0. The summed E-state index contributed by atoms with van der Waals surface area (Å²) in [6, 6.07) is 0. The summed E-state index contributed by atoms with van der Waals surface area (Å²) in [7, 11) is 0. The van der Waals surface area contributed by atoms with Gasteiger partial charge in [0.05, 0.1) is 6.42 Å². The van der Waals surface area contributed by atoms with Gasteiger partial charge in [-0.05, 0) is 96.3 Å². The Kier molecular flexibility index (Phi) is 45.1. The summed E-state index contributed by atoms with van der Waals surface area (Å²) in [6.07, 6.45) is 66.5. The molecule has 0 amide bonds. The van der Waals surface area contributed by atoms with Crippen molar-refractivity contribution in [2.24, 2.45) is 0 Å². The Morgan fingerprint density at radius 2 is 0.738 bits per heavy atom. The number of unbranched alkanes of at least 4 members (excludes halogenated alkanes) is 11. The molecule has 342 valence electrons. The van der Waals surface area contributed by atoms with Gasteiger partial charge in [-0.15, -0.1) is 0 Å². The molecule has 1 atom stereocenters. The van der Waals surface area contributed by atoms with Gasteiger partial charge in [-0.25, -0.2) is 0 Å². The highest BCUT2D eigenvalue weighted by Crippen LogP contribution is 2.12. The lowest BCUT2D eigenvalue weighted by atomic mass is 10.1. The monoisotopic (exact) mass is 843 g/mol. The standard InChI is InChI=1S/C55H86O6/c1-4-7-10-13-16-19-22-25-27-30-33-36-39-42-45-48-54(57)60-51-52(50-59-53(56)47-44-41-38-35-32-29-24-21-18-15-12-9-6-3)61-55(58)49-46-43-40-37-34-31-28-26-23-20-17-14-11-8-5-2/h7,9-10,12,16,18-19,21,25-29,32-33,36,38,41-42,45,52H,4-6,8,11,13-15,17,20,22-24,30-31,34-35,37,39-40,43-44,46-51H2,1-3H3/b10-7-,12-9-,19-16-,21-18-,27-25-,28-26-,32-29-,36-33-,41-38-,45-42-. The Hall–Kier alpha value is -4.19. The maximum Gasteiger partial charge on any atom is 0.309 e. The lowest BCUT2D eigenvalue weighted by molar-refractivity contribution is -0.166. The molecule has 0 aromatic carbocycles. The number of esters is 3. The molecule has 0 radical (unpaired) electrons. The minimum Gasteiger partial charge on any atom is -0.462 e. The van der Waals surface area contributed by atoms with E-state index in [0.717, 1.165) is 96.3 Å². The Morgan fingerprint density at radius 1 is 0.361 bits per heavy atom. The van der Waals surface area contributed by atoms with Gasteiger partial charge >= 0.3 is 17.9 Å². The zero-order valence-electron chi connectivity index (χ0n) is 38.9. The fourth-order valence-electron chi connectivity index (χ4n) is 5.93. The van der Waals surface area contributed by atoms with Crippen molar-refractivity contribution in [2.45, 2.75) is 194 Å². The van der Waals surface area contributed by atoms with E-state index < -0.39 is 12.1 Å². The second kappa shape index (κ2) is 48.5. The van der Waals surface area contributed by atoms with E-state index in [9.17, 15) is 14.4 Å². The minimum absolute atomic E-state index is 0.109. The molecule has 0 aromatic rings. The molecule has 0 aliphatic rings. The number of rotatable bonds is 41. The molecule has 0 aromatic heterocycles. The Balaban J connectivity index is 4.64. The summed E-state index contributed by atoms with van der Waals surface area (Å²) in [5, 5.41) is 0. The van der Waals surface area contributed by atoms with E-state index in [-0.39, 0.29) is 44.4 Å². The zero-order valence-corrected chi connectivity index (χ0v) is 38.9. The van der Waals surface area contributed by atoms with Crippen LogP contribution in [0.2, 0.25) is 0 Å². The number of ether oxygens (including phenoxy) is 3. The lowest BCUT2D eigenvalue weighted by Crippen LogP contribution is -2.30. The van der Waals surface area contributed by atoms with Crippen LogP contribution in [0.15, 0.2) is 122 Å². The third-order valence-electron chi connectivity index (χ3n) is 9.48. The van der Waals surface area contributed by atoms with Crippen LogP contribution < -0.4 is 0 Å². The predicted molar refractivity (Wildman–Crippen MR) is 260 cm³/mol. The van der Waals surface area contributed by atoms with Gasteiger partial charge < -0.3 is 14.2 Å². The molecular formula is C55H86O6. The van der Waals surface area contributed by atoms with E-state index in [4.69, 9.17) is 14.2 Å². The van der Waals surface area contributed by atoms with Crippen LogP contribution in [0.25, 0.3) is 0 Å². The van der Waals surface area contributed by atoms with Gasteiger partial charge in [0, 0.05) is 12.8 Å². The van der Waals surface area contributed by atoms with Crippen molar-refractivity contribution < 1.29 is 28.6 Å². The highest BCUT2D eigenvalue weighted by atomic mass is 16.6. The first kappa shape index (κ1) is 56.8. The fraction of sp³-hybridized carbons (Fsp3) is 0.582. The van der Waals surface area contributed by atoms with Gasteiger partial charge in [-0.1, -0.05) is 194 Å². The van der Waals surface area contributed by atoms with E-state index >= 15 is 0 Å². The Morgan fingerprint density at radius 3 is 1.21 bits per heavy atom. The molecule has 0 bridgehead atoms. The topological polar surface area (TPSA) is 78.9 Å². The number of allylic oxidation sites excluding steroid dienone is 19. The number of carbonyl (C=O) groups excluding carboxylic acids is 3. The molecule has 6 nitrogen and oxygen atoms in total. The third kappa shape index (κ3) is 46.7. The fourth-order valence-corrected chi connectivity index (χ4v) is 5.93. The highest BCUT2D eigenvalue weighted by molar-refractivity contribution is 5.72. The molecule has 0 rings (SSSR count). The van der Waals surface area contributed by atoms with Gasteiger partial charge in [-0.3, -0.25) is 14.4 Å². The summed E-state index contributed by atoms with van der Waals surface area (Å²) >= 11 is 0. The molecule has 0 aliphatic heterocycles. The van der Waals surface area contributed by atoms with Gasteiger partial charge in [0.25, 0.3) is 0 Å². The normalized spacial score (nSPS) is 13.2. The average molecular weight is 843 g/mol. The summed E-state index contributed by atoms with van der Waals surface area (Å²) < 4.78 is 16.6. The SMILES string of the molecule is CC/C=C\C/C=C\C/C=C\C/C=C\C/C=C\CC(=O)OCC(COC(=O)CC/C=C\C/C=C\C/C=C\C/C=C\CC)OC(=O)CCCCCCC/C=C\CCCCCCCC. The highest BCUT2D eigenvalue weighted by Gasteiger charge is 2.19. The lowest BCUT2D eigenvalue weighted by Gasteiger charge is -2.18. The first-order valence-electron chi connectivity index (χ1n) is 24.0. The first-order valence-corrected chi connectivity index (χ1v) is 24.0. The smallest absolute Gasteiger partial charge is 0.309 e. The molecule has 0 fully saturated rings. The van der Waals surface area contributed by atoms with Crippen molar-refractivity contribution in [3.8, 4) is 0 Å². The molecule has 0 spiro atoms. The van der Waals surface area contributed by atoms with E-state index in [2.05, 4.69) is 118 Å². The second-order valence-corrected chi connectivity index (χ2v) is 15.3. The summed E-state index contributed by atoms with van der Waals surface area (Å²) in [4.78, 5) is 37.8. The van der Waals surface area contributed by atoms with Gasteiger partial charge in [0.2, 0.25) is 0 Å². The third-order valence-corrected chi connectivity index (χ3v) is 9.48. The van der Waals surface area contributed by atoms with Crippen molar-refractivity contribution >= 4 is 17.9 Å². The molecule has 0 saturated carbocycles. The molecule has 1 unspecified atom stereocenters. The van der Waals surface area contributed by atoms with Crippen LogP contribution >= 0.6 is 0 Å². The summed E-state index contributed by atoms with van der Waals surface area (Å²) in [5.41, 5.74) is 0. The largest absolute Gasteiger partial charge is 0.462 e. The molecule has 0 N–H and O–H groups in total. The van der Waals surface area contributed by atoms with Crippen molar-refractivity contribution in [3.63, 3.8) is 0 Å². The second-order valence-electron chi connectivity index (χ2n) is 15.3. The molecule has 0 saturated heterocycles. The van der Waals surface area contributed by atoms with Gasteiger partial charge in [-0.2, -0.15) is 0 Å². The van der Waals surface area contributed by atoms with Crippen molar-refractivity contribution in [2.75, 3.05) is 13.2 Å². The molecule has 0 aliphatic carbocycles. The van der Waals surface area contributed by atoms with Crippen LogP contribution in [-0.2, 0) is 28.6 Å². The van der Waals surface area contributed by atoms with E-state index in [0.29, 0.717) is 6.42 Å². The molecule has 6 heteroatoms. The Labute approximate surface area is 373 Å². The number of hydrogen-bond acceptors (Lipinski definition) is 6. The Bertz CT molecular complexity index is 1340. The summed E-state index contributed by atoms with van der Waals surface area (Å²) in [6.45, 7) is 6.21. The quantitative estimate of drug-likeness (QED) is 0.0264. The van der Waals surface area contributed by atoms with E-state index in [1.807, 2.05) is 18.2 Å². The molecule has 0 heterocycles. The zero-order chi connectivity index (χ0) is 44.4. The van der Waals surface area contributed by atoms with Crippen LogP contribution in [0.5, 0.6) is 0 Å². The number of carbonyl (C=O) groups is 3. The van der Waals surface area contributed by atoms with Gasteiger partial charge in [0.1, 0.15) is 13.2 Å². The van der Waals surface area contributed by atoms with Crippen molar-refractivity contribution in [3.05, 3.63) is 122 Å². The average Bonchev–Trinajstić information content (AvgIpc) is 3.26. The van der Waals surface area contributed by atoms with Crippen LogP contribution in [0, 0.1) is 0 Å². The van der Waals surface area contributed by atoms with E-state index in [1.54, 1.807) is 6.08 Å². The van der Waals surface area contributed by atoms with Crippen LogP contribution in [-0.4, -0.2) is 37.2 Å². The minimum atomic E-state index is -0.853. The predicted octanol–water partition coefficient (Wildman–Crippen LogP) is 15.7. The maximum absolute atomic E-state index is 12.8. The van der Waals surface area contributed by atoms with Crippen LogP contribution in [0.4, 0.5) is 0 Å². The van der Waals surface area contributed by atoms with E-state index in [1.165, 1.54) is 44.9 Å². The van der Waals surface area contributed by atoms with Crippen molar-refractivity contribution in [1.82, 2.24) is 0 Å². The molecular weight excluding hydrogens is 757 g/mol. The van der Waals surface area contributed by atoms with Crippen molar-refractivity contribution in [1.29, 1.82) is 0 Å². The maximum atomic E-state index is 12.8. The first-order chi connectivity index (χ1) is 30.0. The van der Waals surface area contributed by atoms with Crippen LogP contribution in [0.3, 0.4) is 0 Å². The summed E-state index contributed by atoms with van der Waals surface area (Å²) in [5.74, 6) is -1.18. The van der Waals surface area contributed by atoms with Crippen LogP contribution in [0.1, 0.15) is 188 Å². The van der Waals surface area contributed by atoms with Gasteiger partial charge in [0.15, 0.2) is 6.10 Å².